The van der Waals surface area contributed by atoms with Gasteiger partial charge >= 0.3 is 0 Å². The van der Waals surface area contributed by atoms with Crippen molar-refractivity contribution in [2.24, 2.45) is 0 Å². The van der Waals surface area contributed by atoms with Gasteiger partial charge in [0.1, 0.15) is 0 Å². The van der Waals surface area contributed by atoms with Gasteiger partial charge in [-0.3, -0.25) is 0 Å². The average Bonchev–Trinajstić information content (AvgIpc) is 2.74. The van der Waals surface area contributed by atoms with Crippen molar-refractivity contribution >= 4 is 23.5 Å². The predicted molar refractivity (Wildman–Crippen MR) is 131 cm³/mol. The molecular weight excluding hydrogens is 380 g/mol. The summed E-state index contributed by atoms with van der Waals surface area (Å²) in [6, 6.07) is 9.24. The maximum absolute atomic E-state index is 2.52. The molecule has 0 aliphatic heterocycles. The predicted octanol–water partition coefficient (Wildman–Crippen LogP) is 6.90. The Hall–Kier alpha value is -0.160. The Kier molecular flexibility index (Phi) is 16.3. The molecule has 1 aromatic rings. The van der Waals surface area contributed by atoms with E-state index in [2.05, 4.69) is 61.8 Å². The van der Waals surface area contributed by atoms with Crippen molar-refractivity contribution < 1.29 is 0 Å². The molecule has 0 unspecified atom stereocenters. The first-order valence-electron chi connectivity index (χ1n) is 11.5. The van der Waals surface area contributed by atoms with E-state index in [1.807, 2.05) is 23.5 Å². The van der Waals surface area contributed by atoms with Crippen LogP contribution in [0.1, 0.15) is 66.2 Å². The van der Waals surface area contributed by atoms with Crippen LogP contribution in [0.3, 0.4) is 0 Å². The van der Waals surface area contributed by atoms with E-state index in [-0.39, 0.29) is 0 Å². The van der Waals surface area contributed by atoms with E-state index >= 15 is 0 Å². The summed E-state index contributed by atoms with van der Waals surface area (Å²) in [5.74, 6) is 2.49. The van der Waals surface area contributed by atoms with E-state index in [0.29, 0.717) is 0 Å². The molecule has 0 bridgehead atoms. The molecular formula is C24H44N2S2. The third-order valence-electron chi connectivity index (χ3n) is 5.39. The van der Waals surface area contributed by atoms with Gasteiger partial charge in [0.15, 0.2) is 0 Å². The molecule has 1 rings (SSSR count). The first kappa shape index (κ1) is 25.9. The molecule has 0 aromatic heterocycles. The maximum Gasteiger partial charge on any atom is 0.00727 e. The molecule has 0 radical (unpaired) electrons. The molecule has 4 heteroatoms. The van der Waals surface area contributed by atoms with Crippen LogP contribution in [0.2, 0.25) is 0 Å². The van der Waals surface area contributed by atoms with Gasteiger partial charge in [-0.15, -0.1) is 23.5 Å². The number of nitrogens with zero attached hydrogens (tertiary/aromatic N) is 2. The lowest BCUT2D eigenvalue weighted by Gasteiger charge is -2.17. The van der Waals surface area contributed by atoms with Gasteiger partial charge in [0, 0.05) is 9.79 Å². The molecule has 0 amide bonds. The molecule has 1 aromatic carbocycles. The van der Waals surface area contributed by atoms with Gasteiger partial charge in [0.05, 0.1) is 0 Å². The van der Waals surface area contributed by atoms with Crippen molar-refractivity contribution in [2.45, 2.75) is 76.0 Å². The van der Waals surface area contributed by atoms with Gasteiger partial charge in [0.2, 0.25) is 0 Å². The average molecular weight is 425 g/mol. The molecule has 0 aliphatic rings. The van der Waals surface area contributed by atoms with Crippen LogP contribution in [0.25, 0.3) is 0 Å². The van der Waals surface area contributed by atoms with Gasteiger partial charge in [-0.05, 0) is 101 Å². The summed E-state index contributed by atoms with van der Waals surface area (Å²) >= 11 is 4.03. The first-order chi connectivity index (χ1) is 13.7. The molecule has 0 fully saturated rings. The smallest absolute Gasteiger partial charge is 0.00727 e. The third kappa shape index (κ3) is 12.4. The zero-order valence-electron chi connectivity index (χ0n) is 18.9. The van der Waals surface area contributed by atoms with Crippen LogP contribution < -0.4 is 0 Å². The van der Waals surface area contributed by atoms with Crippen LogP contribution in [0, 0.1) is 0 Å². The molecule has 0 saturated carbocycles. The van der Waals surface area contributed by atoms with Gasteiger partial charge < -0.3 is 9.80 Å². The molecule has 28 heavy (non-hydrogen) atoms. The van der Waals surface area contributed by atoms with Gasteiger partial charge in [-0.1, -0.05) is 40.5 Å². The lowest BCUT2D eigenvalue weighted by Crippen LogP contribution is -2.23. The highest BCUT2D eigenvalue weighted by Gasteiger charge is 2.01. The Morgan fingerprint density at radius 2 is 0.893 bits per heavy atom. The summed E-state index contributed by atoms with van der Waals surface area (Å²) in [6.07, 6.45) is 8.04. The van der Waals surface area contributed by atoms with Crippen LogP contribution >= 0.6 is 23.5 Å². The molecule has 0 heterocycles. The van der Waals surface area contributed by atoms with Gasteiger partial charge in [-0.25, -0.2) is 0 Å². The second kappa shape index (κ2) is 17.7. The Morgan fingerprint density at radius 1 is 0.536 bits per heavy atom. The van der Waals surface area contributed by atoms with Crippen molar-refractivity contribution in [1.29, 1.82) is 0 Å². The lowest BCUT2D eigenvalue weighted by molar-refractivity contribution is 0.296. The fourth-order valence-electron chi connectivity index (χ4n) is 3.32. The summed E-state index contributed by atoms with van der Waals surface area (Å²) < 4.78 is 0. The van der Waals surface area contributed by atoms with Crippen LogP contribution in [-0.4, -0.2) is 60.6 Å². The number of unbranched alkanes of at least 4 members (excludes halogenated alkanes) is 4. The van der Waals surface area contributed by atoms with E-state index in [4.69, 9.17) is 0 Å². The number of thioether (sulfide) groups is 2. The zero-order valence-corrected chi connectivity index (χ0v) is 20.6. The van der Waals surface area contributed by atoms with Crippen LogP contribution in [0.15, 0.2) is 34.1 Å². The van der Waals surface area contributed by atoms with E-state index in [1.54, 1.807) is 0 Å². The van der Waals surface area contributed by atoms with Crippen molar-refractivity contribution in [1.82, 2.24) is 9.80 Å². The van der Waals surface area contributed by atoms with Crippen molar-refractivity contribution in [3.8, 4) is 0 Å². The molecule has 2 nitrogen and oxygen atoms in total. The number of hydrogen-bond donors (Lipinski definition) is 0. The van der Waals surface area contributed by atoms with E-state index in [1.165, 1.54) is 99.1 Å². The molecule has 0 spiro atoms. The Labute approximate surface area is 184 Å². The van der Waals surface area contributed by atoms with E-state index in [0.717, 1.165) is 0 Å². The highest BCUT2D eigenvalue weighted by atomic mass is 32.2. The summed E-state index contributed by atoms with van der Waals surface area (Å²) in [7, 11) is 0. The van der Waals surface area contributed by atoms with Crippen LogP contribution in [0.5, 0.6) is 0 Å². The van der Waals surface area contributed by atoms with E-state index in [9.17, 15) is 0 Å². The SMILES string of the molecule is CCN(CC)CCCCCSc1ccc(SCCCCCN(CC)CC)cc1. The summed E-state index contributed by atoms with van der Waals surface area (Å²) in [4.78, 5) is 7.89. The molecule has 0 N–H and O–H groups in total. The van der Waals surface area contributed by atoms with E-state index < -0.39 is 0 Å². The summed E-state index contributed by atoms with van der Waals surface area (Å²) in [5.41, 5.74) is 0. The minimum atomic E-state index is 1.19. The highest BCUT2D eigenvalue weighted by molar-refractivity contribution is 7.99. The molecule has 0 aliphatic carbocycles. The second-order valence-corrected chi connectivity index (χ2v) is 9.68. The Bertz CT molecular complexity index is 413. The van der Waals surface area contributed by atoms with Gasteiger partial charge in [-0.2, -0.15) is 0 Å². The second-order valence-electron chi connectivity index (χ2n) is 7.34. The van der Waals surface area contributed by atoms with Gasteiger partial charge in [0.25, 0.3) is 0 Å². The third-order valence-corrected chi connectivity index (χ3v) is 7.58. The Balaban J connectivity index is 2.06. The number of benzene rings is 1. The minimum Gasteiger partial charge on any atom is -0.304 e. The summed E-state index contributed by atoms with van der Waals surface area (Å²) in [5, 5.41) is 0. The fourth-order valence-corrected chi connectivity index (χ4v) is 5.15. The fraction of sp³-hybridized carbons (Fsp3) is 0.750. The highest BCUT2D eigenvalue weighted by Crippen LogP contribution is 2.25. The molecule has 162 valence electrons. The van der Waals surface area contributed by atoms with Crippen LogP contribution in [-0.2, 0) is 0 Å². The topological polar surface area (TPSA) is 6.48 Å². The summed E-state index contributed by atoms with van der Waals surface area (Å²) in [6.45, 7) is 16.3. The molecule has 0 saturated heterocycles. The maximum atomic E-state index is 2.52. The quantitative estimate of drug-likeness (QED) is 0.187. The zero-order chi connectivity index (χ0) is 20.5. The first-order valence-corrected chi connectivity index (χ1v) is 13.5. The Morgan fingerprint density at radius 3 is 1.21 bits per heavy atom. The monoisotopic (exact) mass is 424 g/mol. The number of hydrogen-bond acceptors (Lipinski definition) is 4. The van der Waals surface area contributed by atoms with Crippen molar-refractivity contribution in [3.05, 3.63) is 24.3 Å². The van der Waals surface area contributed by atoms with Crippen molar-refractivity contribution in [3.63, 3.8) is 0 Å². The standard InChI is InChI=1S/C24H44N2S2/c1-5-25(6-2)19-11-9-13-21-27-23-15-17-24(18-16-23)28-22-14-10-12-20-26(7-3)8-4/h15-18H,5-14,19-22H2,1-4H3. The largest absolute Gasteiger partial charge is 0.304 e. The minimum absolute atomic E-state index is 1.19. The normalized spacial score (nSPS) is 11.6. The van der Waals surface area contributed by atoms with Crippen molar-refractivity contribution in [2.75, 3.05) is 50.8 Å². The number of rotatable bonds is 18. The molecule has 0 atom stereocenters. The van der Waals surface area contributed by atoms with Crippen LogP contribution in [0.4, 0.5) is 0 Å². The lowest BCUT2D eigenvalue weighted by atomic mass is 10.2.